The second-order valence-corrected chi connectivity index (χ2v) is 6.77. The van der Waals surface area contributed by atoms with Crippen LogP contribution in [0.2, 0.25) is 0 Å². The highest BCUT2D eigenvalue weighted by Gasteiger charge is 2.55. The van der Waals surface area contributed by atoms with Gasteiger partial charge in [0.25, 0.3) is 0 Å². The van der Waals surface area contributed by atoms with E-state index in [1.807, 2.05) is 5.32 Å². The Morgan fingerprint density at radius 3 is 2.15 bits per heavy atom. The van der Waals surface area contributed by atoms with E-state index < -0.39 is 23.1 Å². The molecule has 0 bridgehead atoms. The molecule has 1 aromatic rings. The summed E-state index contributed by atoms with van der Waals surface area (Å²) in [4.78, 5) is 11.9. The molecule has 1 saturated heterocycles. The van der Waals surface area contributed by atoms with E-state index in [1.54, 1.807) is 0 Å². The highest BCUT2D eigenvalue weighted by Crippen LogP contribution is 2.38. The minimum Gasteiger partial charge on any atom is -0.381 e. The molecule has 144 valence electrons. The second kappa shape index (κ2) is 7.91. The Bertz CT molecular complexity index is 648. The van der Waals surface area contributed by atoms with Crippen molar-refractivity contribution in [3.8, 4) is 0 Å². The van der Waals surface area contributed by atoms with E-state index in [-0.39, 0.29) is 42.7 Å². The van der Waals surface area contributed by atoms with Gasteiger partial charge in [0.05, 0.1) is 0 Å². The molecule has 1 N–H and O–H groups in total. The van der Waals surface area contributed by atoms with Gasteiger partial charge in [-0.3, -0.25) is 4.79 Å². The first-order valence-corrected chi connectivity index (χ1v) is 8.33. The third-order valence-electron chi connectivity index (χ3n) is 3.79. The SMILES string of the molecule is O=C(/C=C\c1ccc(SC(F)(F)F)cc1)NC1(C(F)(F)F)CCOCC1. The zero-order valence-corrected chi connectivity index (χ0v) is 14.1. The van der Waals surface area contributed by atoms with Gasteiger partial charge in [0.15, 0.2) is 0 Å². The molecule has 0 unspecified atom stereocenters. The van der Waals surface area contributed by atoms with Gasteiger partial charge >= 0.3 is 11.7 Å². The second-order valence-electron chi connectivity index (χ2n) is 5.63. The van der Waals surface area contributed by atoms with Crippen LogP contribution in [0.25, 0.3) is 6.08 Å². The summed E-state index contributed by atoms with van der Waals surface area (Å²) in [5.41, 5.74) is -6.35. The number of hydrogen-bond acceptors (Lipinski definition) is 3. The maximum Gasteiger partial charge on any atom is 0.446 e. The number of hydrogen-bond donors (Lipinski definition) is 1. The Labute approximate surface area is 149 Å². The van der Waals surface area contributed by atoms with E-state index in [2.05, 4.69) is 0 Å². The Balaban J connectivity index is 2.02. The van der Waals surface area contributed by atoms with Gasteiger partial charge in [-0.05, 0) is 35.5 Å². The number of halogens is 6. The summed E-state index contributed by atoms with van der Waals surface area (Å²) in [6, 6.07) is 5.11. The summed E-state index contributed by atoms with van der Waals surface area (Å²) < 4.78 is 81.6. The minimum atomic E-state index is -4.61. The third kappa shape index (κ3) is 5.66. The first-order valence-electron chi connectivity index (χ1n) is 7.51. The molecule has 1 amide bonds. The van der Waals surface area contributed by atoms with Crippen molar-refractivity contribution in [2.24, 2.45) is 0 Å². The van der Waals surface area contributed by atoms with Crippen LogP contribution in [0, 0.1) is 0 Å². The Hall–Kier alpha value is -1.68. The van der Waals surface area contributed by atoms with Crippen LogP contribution in [0.5, 0.6) is 0 Å². The molecule has 1 aromatic carbocycles. The number of carbonyl (C=O) groups is 1. The van der Waals surface area contributed by atoms with Crippen LogP contribution in [-0.2, 0) is 9.53 Å². The Morgan fingerprint density at radius 2 is 1.65 bits per heavy atom. The van der Waals surface area contributed by atoms with Crippen LogP contribution >= 0.6 is 11.8 Å². The molecule has 3 nitrogen and oxygen atoms in total. The molecule has 2 rings (SSSR count). The van der Waals surface area contributed by atoms with E-state index in [0.29, 0.717) is 5.56 Å². The molecule has 0 atom stereocenters. The summed E-state index contributed by atoms with van der Waals surface area (Å²) in [6.45, 7) is -0.219. The average molecular weight is 399 g/mol. The lowest BCUT2D eigenvalue weighted by Gasteiger charge is -2.39. The largest absolute Gasteiger partial charge is 0.446 e. The standard InChI is InChI=1S/C16H15F6NO2S/c17-15(18,19)14(7-9-25-10-8-14)23-13(24)6-3-11-1-4-12(5-2-11)26-16(20,21)22/h1-6H,7-10H2,(H,23,24)/b6-3-. The van der Waals surface area contributed by atoms with Crippen molar-refractivity contribution < 1.29 is 35.9 Å². The van der Waals surface area contributed by atoms with Crippen molar-refractivity contribution in [1.29, 1.82) is 0 Å². The van der Waals surface area contributed by atoms with E-state index in [0.717, 1.165) is 6.08 Å². The van der Waals surface area contributed by atoms with Gasteiger partial charge in [-0.1, -0.05) is 12.1 Å². The lowest BCUT2D eigenvalue weighted by molar-refractivity contribution is -0.216. The molecule has 1 fully saturated rings. The summed E-state index contributed by atoms with van der Waals surface area (Å²) in [5.74, 6) is -0.932. The van der Waals surface area contributed by atoms with Crippen LogP contribution in [0.1, 0.15) is 18.4 Å². The number of rotatable bonds is 4. The van der Waals surface area contributed by atoms with Crippen LogP contribution < -0.4 is 5.32 Å². The number of alkyl halides is 6. The topological polar surface area (TPSA) is 38.3 Å². The van der Waals surface area contributed by atoms with Gasteiger partial charge in [-0.25, -0.2) is 0 Å². The molecule has 0 radical (unpaired) electrons. The summed E-state index contributed by atoms with van der Waals surface area (Å²) in [6.07, 6.45) is -3.20. The first-order chi connectivity index (χ1) is 12.0. The fourth-order valence-corrected chi connectivity index (χ4v) is 2.97. The summed E-state index contributed by atoms with van der Waals surface area (Å²) in [5, 5.41) is 2.00. The number of thioether (sulfide) groups is 1. The van der Waals surface area contributed by atoms with Crippen LogP contribution in [0.3, 0.4) is 0 Å². The fourth-order valence-electron chi connectivity index (χ4n) is 2.43. The molecule has 1 aliphatic heterocycles. The monoisotopic (exact) mass is 399 g/mol. The van der Waals surface area contributed by atoms with Gasteiger partial charge in [-0.15, -0.1) is 0 Å². The number of amides is 1. The quantitative estimate of drug-likeness (QED) is 0.459. The van der Waals surface area contributed by atoms with Gasteiger partial charge < -0.3 is 10.1 Å². The maximum absolute atomic E-state index is 13.3. The van der Waals surface area contributed by atoms with Crippen molar-refractivity contribution in [3.05, 3.63) is 35.9 Å². The first kappa shape index (κ1) is 20.6. The van der Waals surface area contributed by atoms with Gasteiger partial charge in [0.2, 0.25) is 5.91 Å². The molecular formula is C16H15F6NO2S. The number of nitrogens with one attached hydrogen (secondary N) is 1. The van der Waals surface area contributed by atoms with Crippen LogP contribution in [-0.4, -0.2) is 36.3 Å². The molecule has 0 aliphatic carbocycles. The molecule has 1 aliphatic rings. The molecule has 26 heavy (non-hydrogen) atoms. The lowest BCUT2D eigenvalue weighted by atomic mass is 9.89. The number of benzene rings is 1. The predicted molar refractivity (Wildman–Crippen MR) is 84.4 cm³/mol. The zero-order chi connectivity index (χ0) is 19.4. The molecule has 10 heteroatoms. The van der Waals surface area contributed by atoms with E-state index in [9.17, 15) is 31.1 Å². The summed E-state index contributed by atoms with van der Waals surface area (Å²) >= 11 is -0.281. The van der Waals surface area contributed by atoms with Gasteiger partial charge in [0.1, 0.15) is 5.54 Å². The van der Waals surface area contributed by atoms with E-state index >= 15 is 0 Å². The average Bonchev–Trinajstić information content (AvgIpc) is 2.53. The highest BCUT2D eigenvalue weighted by atomic mass is 32.2. The minimum absolute atomic E-state index is 0.0302. The molecule has 0 aromatic heterocycles. The smallest absolute Gasteiger partial charge is 0.381 e. The fraction of sp³-hybridized carbons (Fsp3) is 0.438. The van der Waals surface area contributed by atoms with E-state index in [1.165, 1.54) is 30.3 Å². The molecule has 0 spiro atoms. The van der Waals surface area contributed by atoms with Gasteiger partial charge in [0, 0.05) is 37.0 Å². The predicted octanol–water partition coefficient (Wildman–Crippen LogP) is 4.54. The Morgan fingerprint density at radius 1 is 1.08 bits per heavy atom. The third-order valence-corrected chi connectivity index (χ3v) is 4.53. The zero-order valence-electron chi connectivity index (χ0n) is 13.3. The highest BCUT2D eigenvalue weighted by molar-refractivity contribution is 8.00. The normalized spacial score (nSPS) is 18.1. The van der Waals surface area contributed by atoms with Crippen molar-refractivity contribution in [2.45, 2.75) is 35.0 Å². The van der Waals surface area contributed by atoms with Crippen molar-refractivity contribution in [3.63, 3.8) is 0 Å². The van der Waals surface area contributed by atoms with Crippen molar-refractivity contribution >= 4 is 23.7 Å². The maximum atomic E-state index is 13.3. The van der Waals surface area contributed by atoms with Crippen LogP contribution in [0.4, 0.5) is 26.3 Å². The number of carbonyl (C=O) groups excluding carboxylic acids is 1. The van der Waals surface area contributed by atoms with Crippen LogP contribution in [0.15, 0.2) is 35.2 Å². The molecule has 0 saturated carbocycles. The summed E-state index contributed by atoms with van der Waals surface area (Å²) in [7, 11) is 0. The van der Waals surface area contributed by atoms with Gasteiger partial charge in [-0.2, -0.15) is 26.3 Å². The van der Waals surface area contributed by atoms with Crippen molar-refractivity contribution in [2.75, 3.05) is 13.2 Å². The van der Waals surface area contributed by atoms with Crippen molar-refractivity contribution in [1.82, 2.24) is 5.32 Å². The Kier molecular flexibility index (Phi) is 6.28. The molecule has 1 heterocycles. The molecular weight excluding hydrogens is 384 g/mol. The number of ether oxygens (including phenoxy) is 1. The lowest BCUT2D eigenvalue weighted by Crippen LogP contribution is -2.61. The van der Waals surface area contributed by atoms with E-state index in [4.69, 9.17) is 4.74 Å².